The molecule has 0 bridgehead atoms. The molecule has 3 aromatic carbocycles. The lowest BCUT2D eigenvalue weighted by atomic mass is 9.94. The quantitative estimate of drug-likeness (QED) is 0.392. The second-order valence-corrected chi connectivity index (χ2v) is 5.24. The van der Waals surface area contributed by atoms with Gasteiger partial charge in [-0.15, -0.1) is 0 Å². The second kappa shape index (κ2) is 3.70. The van der Waals surface area contributed by atoms with Crippen molar-refractivity contribution < 1.29 is 8.83 Å². The zero-order valence-electron chi connectivity index (χ0n) is 11.1. The zero-order chi connectivity index (χ0) is 14.0. The number of fused-ring (bicyclic) bond motifs is 7. The van der Waals surface area contributed by atoms with E-state index in [0.29, 0.717) is 5.46 Å². The van der Waals surface area contributed by atoms with Crippen molar-refractivity contribution in [1.82, 2.24) is 0 Å². The van der Waals surface area contributed by atoms with Crippen molar-refractivity contribution in [3.05, 3.63) is 54.6 Å². The molecule has 0 atom stereocenters. The average Bonchev–Trinajstić information content (AvgIpc) is 3.05. The summed E-state index contributed by atoms with van der Waals surface area (Å²) in [6.45, 7) is 0. The number of furan rings is 2. The SMILES string of the molecule is [B]c1cccc2c1oc1ccc3c4ccccc4oc3c12. The van der Waals surface area contributed by atoms with Crippen molar-refractivity contribution in [3.63, 3.8) is 0 Å². The fourth-order valence-corrected chi connectivity index (χ4v) is 3.09. The maximum absolute atomic E-state index is 6.07. The molecule has 0 saturated heterocycles. The highest BCUT2D eigenvalue weighted by Gasteiger charge is 2.15. The summed E-state index contributed by atoms with van der Waals surface area (Å²) >= 11 is 0. The van der Waals surface area contributed by atoms with Gasteiger partial charge in [0.1, 0.15) is 30.2 Å². The summed E-state index contributed by atoms with van der Waals surface area (Å²) in [5.41, 5.74) is 3.92. The van der Waals surface area contributed by atoms with Gasteiger partial charge in [0.15, 0.2) is 0 Å². The number of para-hydroxylation sites is 2. The van der Waals surface area contributed by atoms with Crippen LogP contribution < -0.4 is 5.46 Å². The molecule has 2 heterocycles. The third-order valence-electron chi connectivity index (χ3n) is 4.04. The van der Waals surface area contributed by atoms with Crippen molar-refractivity contribution in [2.45, 2.75) is 0 Å². The van der Waals surface area contributed by atoms with E-state index >= 15 is 0 Å². The zero-order valence-corrected chi connectivity index (χ0v) is 11.1. The molecule has 5 rings (SSSR count). The molecular formula is C18H9BO2. The Morgan fingerprint density at radius 1 is 0.619 bits per heavy atom. The number of hydrogen-bond acceptors (Lipinski definition) is 2. The van der Waals surface area contributed by atoms with Gasteiger partial charge in [0.05, 0.1) is 5.39 Å². The summed E-state index contributed by atoms with van der Waals surface area (Å²) in [6, 6.07) is 17.9. The first-order valence-electron chi connectivity index (χ1n) is 6.84. The summed E-state index contributed by atoms with van der Waals surface area (Å²) in [6.07, 6.45) is 0. The van der Waals surface area contributed by atoms with Crippen molar-refractivity contribution in [2.24, 2.45) is 0 Å². The van der Waals surface area contributed by atoms with E-state index < -0.39 is 0 Å². The molecule has 0 unspecified atom stereocenters. The van der Waals surface area contributed by atoms with Gasteiger partial charge in [-0.2, -0.15) is 0 Å². The number of hydrogen-bond donors (Lipinski definition) is 0. The molecule has 5 aromatic rings. The van der Waals surface area contributed by atoms with Gasteiger partial charge in [0.25, 0.3) is 0 Å². The Bertz CT molecular complexity index is 1150. The molecule has 0 aliphatic rings. The van der Waals surface area contributed by atoms with E-state index in [2.05, 4.69) is 6.07 Å². The van der Waals surface area contributed by atoms with Gasteiger partial charge in [-0.1, -0.05) is 41.9 Å². The van der Waals surface area contributed by atoms with E-state index in [1.807, 2.05) is 48.5 Å². The largest absolute Gasteiger partial charge is 0.457 e. The first-order chi connectivity index (χ1) is 10.3. The van der Waals surface area contributed by atoms with Crippen molar-refractivity contribution >= 4 is 57.2 Å². The maximum Gasteiger partial charge on any atom is 0.147 e. The molecule has 0 aliphatic heterocycles. The Hall–Kier alpha value is -2.68. The van der Waals surface area contributed by atoms with E-state index in [9.17, 15) is 0 Å². The van der Waals surface area contributed by atoms with Gasteiger partial charge < -0.3 is 8.83 Å². The lowest BCUT2D eigenvalue weighted by Gasteiger charge is -1.93. The van der Waals surface area contributed by atoms with Gasteiger partial charge in [-0.05, 0) is 18.2 Å². The van der Waals surface area contributed by atoms with Crippen LogP contribution in [0.3, 0.4) is 0 Å². The molecule has 0 amide bonds. The molecule has 96 valence electrons. The second-order valence-electron chi connectivity index (χ2n) is 5.24. The highest BCUT2D eigenvalue weighted by atomic mass is 16.3. The van der Waals surface area contributed by atoms with Gasteiger partial charge in [-0.3, -0.25) is 0 Å². The lowest BCUT2D eigenvalue weighted by molar-refractivity contribution is 0.664. The summed E-state index contributed by atoms with van der Waals surface area (Å²) in [5.74, 6) is 0. The van der Waals surface area contributed by atoms with Crippen LogP contribution in [0.5, 0.6) is 0 Å². The highest BCUT2D eigenvalue weighted by Crippen LogP contribution is 2.38. The van der Waals surface area contributed by atoms with Crippen LogP contribution >= 0.6 is 0 Å². The molecule has 2 nitrogen and oxygen atoms in total. The fraction of sp³-hybridized carbons (Fsp3) is 0. The van der Waals surface area contributed by atoms with E-state index in [4.69, 9.17) is 16.7 Å². The van der Waals surface area contributed by atoms with Crippen LogP contribution in [0.1, 0.15) is 0 Å². The van der Waals surface area contributed by atoms with Crippen molar-refractivity contribution in [3.8, 4) is 0 Å². The molecule has 21 heavy (non-hydrogen) atoms. The van der Waals surface area contributed by atoms with E-state index in [-0.39, 0.29) is 0 Å². The molecule has 0 aliphatic carbocycles. The highest BCUT2D eigenvalue weighted by molar-refractivity contribution is 6.39. The van der Waals surface area contributed by atoms with Crippen LogP contribution in [0, 0.1) is 0 Å². The molecule has 0 fully saturated rings. The predicted octanol–water partition coefficient (Wildman–Crippen LogP) is 4.28. The van der Waals surface area contributed by atoms with Gasteiger partial charge in [0.2, 0.25) is 0 Å². The third kappa shape index (κ3) is 1.33. The Morgan fingerprint density at radius 2 is 1.43 bits per heavy atom. The molecule has 3 heteroatoms. The lowest BCUT2D eigenvalue weighted by Crippen LogP contribution is -2.00. The summed E-state index contributed by atoms with van der Waals surface area (Å²) in [5, 5.41) is 4.21. The van der Waals surface area contributed by atoms with Crippen LogP contribution in [-0.2, 0) is 0 Å². The van der Waals surface area contributed by atoms with Crippen molar-refractivity contribution in [2.75, 3.05) is 0 Å². The van der Waals surface area contributed by atoms with Crippen LogP contribution in [-0.4, -0.2) is 7.85 Å². The monoisotopic (exact) mass is 268 g/mol. The Kier molecular flexibility index (Phi) is 1.94. The minimum Gasteiger partial charge on any atom is -0.457 e. The van der Waals surface area contributed by atoms with Crippen molar-refractivity contribution in [1.29, 1.82) is 0 Å². The van der Waals surface area contributed by atoms with E-state index in [1.54, 1.807) is 0 Å². The smallest absolute Gasteiger partial charge is 0.147 e. The normalized spacial score (nSPS) is 12.0. The Balaban J connectivity index is 2.13. The summed E-state index contributed by atoms with van der Waals surface area (Å²) in [7, 11) is 6.01. The van der Waals surface area contributed by atoms with Crippen LogP contribution in [0.15, 0.2) is 63.4 Å². The van der Waals surface area contributed by atoms with E-state index in [1.165, 1.54) is 0 Å². The average molecular weight is 268 g/mol. The Morgan fingerprint density at radius 3 is 2.38 bits per heavy atom. The first-order valence-corrected chi connectivity index (χ1v) is 6.84. The van der Waals surface area contributed by atoms with Gasteiger partial charge >= 0.3 is 0 Å². The predicted molar refractivity (Wildman–Crippen MR) is 86.4 cm³/mol. The fourth-order valence-electron chi connectivity index (χ4n) is 3.09. The van der Waals surface area contributed by atoms with Crippen LogP contribution in [0.4, 0.5) is 0 Å². The molecule has 0 saturated carbocycles. The molecular weight excluding hydrogens is 259 g/mol. The van der Waals surface area contributed by atoms with Gasteiger partial charge in [0, 0.05) is 16.2 Å². The molecule has 0 spiro atoms. The van der Waals surface area contributed by atoms with Crippen LogP contribution in [0.2, 0.25) is 0 Å². The number of benzene rings is 3. The number of rotatable bonds is 0. The standard InChI is InChI=1S/C18H9BO2/c19-13-6-3-5-12-16-15(21-17(12)13)9-8-11-10-4-1-2-7-14(10)20-18(11)16/h1-9H. The summed E-state index contributed by atoms with van der Waals surface area (Å²) < 4.78 is 12.0. The first kappa shape index (κ1) is 11.0. The third-order valence-corrected chi connectivity index (χ3v) is 4.04. The Labute approximate surface area is 121 Å². The summed E-state index contributed by atoms with van der Waals surface area (Å²) in [4.78, 5) is 0. The van der Waals surface area contributed by atoms with E-state index in [0.717, 1.165) is 43.9 Å². The topological polar surface area (TPSA) is 26.3 Å². The van der Waals surface area contributed by atoms with Gasteiger partial charge in [-0.25, -0.2) is 0 Å². The molecule has 0 N–H and O–H groups in total. The maximum atomic E-state index is 6.07. The minimum atomic E-state index is 0.646. The van der Waals surface area contributed by atoms with Crippen LogP contribution in [0.25, 0.3) is 43.9 Å². The molecule has 2 aromatic heterocycles. The molecule has 2 radical (unpaired) electrons. The minimum absolute atomic E-state index is 0.646.